The molecule has 0 saturated heterocycles. The Balaban J connectivity index is 1.70. The van der Waals surface area contributed by atoms with Crippen molar-refractivity contribution in [1.29, 1.82) is 0 Å². The van der Waals surface area contributed by atoms with Gasteiger partial charge in [-0.05, 0) is 37.5 Å². The molecule has 0 radical (unpaired) electrons. The Bertz CT molecular complexity index is 438. The van der Waals surface area contributed by atoms with E-state index >= 15 is 0 Å². The minimum absolute atomic E-state index is 0.703. The molecule has 2 fully saturated rings. The largest absolute Gasteiger partial charge is 0.303 e. The lowest BCUT2D eigenvalue weighted by Gasteiger charge is -2.17. The Morgan fingerprint density at radius 1 is 1.26 bits per heavy atom. The Labute approximate surface area is 128 Å². The van der Waals surface area contributed by atoms with Crippen molar-refractivity contribution in [3.63, 3.8) is 0 Å². The van der Waals surface area contributed by atoms with Gasteiger partial charge >= 0.3 is 0 Å². The number of thioether (sulfide) groups is 1. The molecule has 0 N–H and O–H groups in total. The second-order valence-electron chi connectivity index (χ2n) is 6.19. The maximum absolute atomic E-state index is 4.47. The van der Waals surface area contributed by atoms with E-state index in [4.69, 9.17) is 0 Å². The SMILES string of the molecule is CC(C)C(CBr)CSc1nnc(C2CC2)n1C1CC1. The van der Waals surface area contributed by atoms with Crippen molar-refractivity contribution in [3.05, 3.63) is 5.82 Å². The van der Waals surface area contributed by atoms with E-state index in [0.29, 0.717) is 23.8 Å². The number of aromatic nitrogens is 3. The third kappa shape index (κ3) is 3.18. The number of nitrogens with zero attached hydrogens (tertiary/aromatic N) is 3. The smallest absolute Gasteiger partial charge is 0.191 e. The third-order valence-electron chi connectivity index (χ3n) is 4.11. The summed E-state index contributed by atoms with van der Waals surface area (Å²) in [5, 5.41) is 11.2. The van der Waals surface area contributed by atoms with Crippen LogP contribution in [0.4, 0.5) is 0 Å². The normalized spacial score (nSPS) is 21.1. The van der Waals surface area contributed by atoms with Gasteiger partial charge in [0.15, 0.2) is 5.16 Å². The van der Waals surface area contributed by atoms with E-state index in [0.717, 1.165) is 16.2 Å². The Hall–Kier alpha value is -0.0300. The van der Waals surface area contributed by atoms with Gasteiger partial charge in [-0.15, -0.1) is 10.2 Å². The highest BCUT2D eigenvalue weighted by Gasteiger charge is 2.36. The number of hydrogen-bond acceptors (Lipinski definition) is 3. The molecule has 2 aliphatic rings. The average Bonchev–Trinajstić information content (AvgIpc) is 3.29. The summed E-state index contributed by atoms with van der Waals surface area (Å²) in [6.45, 7) is 4.60. The van der Waals surface area contributed by atoms with E-state index < -0.39 is 0 Å². The van der Waals surface area contributed by atoms with Gasteiger partial charge in [-0.3, -0.25) is 0 Å². The second-order valence-corrected chi connectivity index (χ2v) is 7.82. The number of hydrogen-bond donors (Lipinski definition) is 0. The van der Waals surface area contributed by atoms with E-state index in [1.54, 1.807) is 0 Å². The standard InChI is InChI=1S/C14H22BrN3S/c1-9(2)11(7-15)8-19-14-17-16-13(10-3-4-10)18(14)12-5-6-12/h9-12H,3-8H2,1-2H3. The molecule has 1 unspecified atom stereocenters. The first-order valence-electron chi connectivity index (χ1n) is 7.34. The van der Waals surface area contributed by atoms with Crippen molar-refractivity contribution >= 4 is 27.7 Å². The molecule has 0 amide bonds. The van der Waals surface area contributed by atoms with Gasteiger partial charge in [-0.1, -0.05) is 41.5 Å². The molecule has 1 heterocycles. The molecule has 3 nitrogen and oxygen atoms in total. The fraction of sp³-hybridized carbons (Fsp3) is 0.857. The predicted octanol–water partition coefficient (Wildman–Crippen LogP) is 4.25. The average molecular weight is 344 g/mol. The van der Waals surface area contributed by atoms with Crippen LogP contribution < -0.4 is 0 Å². The first kappa shape index (κ1) is 13.9. The summed E-state index contributed by atoms with van der Waals surface area (Å²) in [7, 11) is 0. The summed E-state index contributed by atoms with van der Waals surface area (Å²) >= 11 is 5.53. The fourth-order valence-electron chi connectivity index (χ4n) is 2.28. The van der Waals surface area contributed by atoms with Gasteiger partial charge in [0.25, 0.3) is 0 Å². The van der Waals surface area contributed by atoms with Gasteiger partial charge in [0.05, 0.1) is 0 Å². The highest BCUT2D eigenvalue weighted by molar-refractivity contribution is 9.09. The van der Waals surface area contributed by atoms with Crippen molar-refractivity contribution in [2.24, 2.45) is 11.8 Å². The number of halogens is 1. The number of alkyl halides is 1. The molecule has 1 aromatic heterocycles. The molecule has 0 aromatic carbocycles. The molecule has 2 aliphatic carbocycles. The monoisotopic (exact) mass is 343 g/mol. The van der Waals surface area contributed by atoms with Gasteiger partial charge in [0.1, 0.15) is 5.82 Å². The summed E-state index contributed by atoms with van der Waals surface area (Å²) < 4.78 is 2.45. The van der Waals surface area contributed by atoms with Crippen molar-refractivity contribution in [2.45, 2.75) is 56.6 Å². The highest BCUT2D eigenvalue weighted by atomic mass is 79.9. The highest BCUT2D eigenvalue weighted by Crippen LogP contribution is 2.46. The summed E-state index contributed by atoms with van der Waals surface area (Å²) in [6.07, 6.45) is 5.26. The molecule has 1 aromatic rings. The molecular weight excluding hydrogens is 322 g/mol. The molecule has 2 saturated carbocycles. The maximum Gasteiger partial charge on any atom is 0.191 e. The first-order chi connectivity index (χ1) is 9.20. The first-order valence-corrected chi connectivity index (χ1v) is 9.45. The molecule has 0 aliphatic heterocycles. The zero-order valence-electron chi connectivity index (χ0n) is 11.7. The van der Waals surface area contributed by atoms with Gasteiger partial charge in [0, 0.05) is 23.0 Å². The van der Waals surface area contributed by atoms with E-state index in [1.807, 2.05) is 11.8 Å². The minimum Gasteiger partial charge on any atom is -0.303 e. The molecule has 0 bridgehead atoms. The quantitative estimate of drug-likeness (QED) is 0.547. The zero-order valence-corrected chi connectivity index (χ0v) is 14.1. The minimum atomic E-state index is 0.703. The molecule has 1 atom stereocenters. The molecule has 0 spiro atoms. The van der Waals surface area contributed by atoms with Crippen LogP contribution in [0.1, 0.15) is 57.3 Å². The van der Waals surface area contributed by atoms with Gasteiger partial charge in [-0.2, -0.15) is 0 Å². The van der Waals surface area contributed by atoms with Gasteiger partial charge in [0.2, 0.25) is 0 Å². The lowest BCUT2D eigenvalue weighted by molar-refractivity contribution is 0.474. The molecule has 106 valence electrons. The van der Waals surface area contributed by atoms with Crippen LogP contribution >= 0.6 is 27.7 Å². The molecular formula is C14H22BrN3S. The summed E-state index contributed by atoms with van der Waals surface area (Å²) in [6, 6.07) is 0.703. The van der Waals surface area contributed by atoms with Crippen LogP contribution in [0.3, 0.4) is 0 Å². The fourth-order valence-corrected chi connectivity index (χ4v) is 4.91. The van der Waals surface area contributed by atoms with Crippen molar-refractivity contribution in [2.75, 3.05) is 11.1 Å². The Kier molecular flexibility index (Phi) is 4.22. The maximum atomic E-state index is 4.47. The van der Waals surface area contributed by atoms with E-state index in [-0.39, 0.29) is 0 Å². The molecule has 19 heavy (non-hydrogen) atoms. The van der Waals surface area contributed by atoms with Crippen molar-refractivity contribution in [3.8, 4) is 0 Å². The summed E-state index contributed by atoms with van der Waals surface area (Å²) in [4.78, 5) is 0. The molecule has 5 heteroatoms. The van der Waals surface area contributed by atoms with E-state index in [1.165, 1.54) is 31.5 Å². The third-order valence-corrected chi connectivity index (χ3v) is 6.08. The van der Waals surface area contributed by atoms with Crippen LogP contribution in [0.5, 0.6) is 0 Å². The van der Waals surface area contributed by atoms with E-state index in [9.17, 15) is 0 Å². The van der Waals surface area contributed by atoms with Crippen LogP contribution in [0.15, 0.2) is 5.16 Å². The lowest BCUT2D eigenvalue weighted by Crippen LogP contribution is -2.13. The van der Waals surface area contributed by atoms with E-state index in [2.05, 4.69) is 44.5 Å². The Morgan fingerprint density at radius 3 is 2.53 bits per heavy atom. The summed E-state index contributed by atoms with van der Waals surface area (Å²) in [5.41, 5.74) is 0. The number of rotatable bonds is 7. The van der Waals surface area contributed by atoms with Gasteiger partial charge < -0.3 is 4.57 Å². The molecule has 3 rings (SSSR count). The van der Waals surface area contributed by atoms with Crippen LogP contribution in [0, 0.1) is 11.8 Å². The topological polar surface area (TPSA) is 30.7 Å². The second kappa shape index (κ2) is 5.76. The van der Waals surface area contributed by atoms with Crippen LogP contribution in [0.2, 0.25) is 0 Å². The van der Waals surface area contributed by atoms with Gasteiger partial charge in [-0.25, -0.2) is 0 Å². The van der Waals surface area contributed by atoms with Crippen LogP contribution in [-0.2, 0) is 0 Å². The lowest BCUT2D eigenvalue weighted by atomic mass is 10.0. The Morgan fingerprint density at radius 2 is 2.00 bits per heavy atom. The van der Waals surface area contributed by atoms with Crippen molar-refractivity contribution < 1.29 is 0 Å². The zero-order chi connectivity index (χ0) is 13.4. The van der Waals surface area contributed by atoms with Crippen LogP contribution in [0.25, 0.3) is 0 Å². The van der Waals surface area contributed by atoms with Crippen molar-refractivity contribution in [1.82, 2.24) is 14.8 Å². The predicted molar refractivity (Wildman–Crippen MR) is 83.1 cm³/mol. The summed E-state index contributed by atoms with van der Waals surface area (Å²) in [5.74, 6) is 4.54. The van der Waals surface area contributed by atoms with Crippen LogP contribution in [-0.4, -0.2) is 25.8 Å².